The molecular formula is C26H31FN4O8. The number of halogens is 1. The predicted octanol–water partition coefficient (Wildman–Crippen LogP) is 0.327. The molecule has 3 aliphatic carbocycles. The number of aliphatic hydroxyl groups excluding tert-OH is 2. The van der Waals surface area contributed by atoms with E-state index in [1.165, 1.54) is 0 Å². The van der Waals surface area contributed by atoms with Gasteiger partial charge in [-0.2, -0.15) is 0 Å². The lowest BCUT2D eigenvalue weighted by Crippen LogP contribution is -2.63. The largest absolute Gasteiger partial charge is 0.510 e. The monoisotopic (exact) mass is 546 g/mol. The van der Waals surface area contributed by atoms with Crippen molar-refractivity contribution in [3.05, 3.63) is 45.7 Å². The number of anilines is 1. The first-order chi connectivity index (χ1) is 18.2. The summed E-state index contributed by atoms with van der Waals surface area (Å²) in [5.74, 6) is -10.4. The van der Waals surface area contributed by atoms with Gasteiger partial charge in [0, 0.05) is 23.1 Å². The zero-order valence-electron chi connectivity index (χ0n) is 21.5. The highest BCUT2D eigenvalue weighted by molar-refractivity contribution is 6.25. The van der Waals surface area contributed by atoms with Crippen molar-refractivity contribution >= 4 is 29.1 Å². The van der Waals surface area contributed by atoms with Gasteiger partial charge < -0.3 is 37.2 Å². The molecule has 0 radical (unpaired) electrons. The minimum atomic E-state index is -2.86. The lowest BCUT2D eigenvalue weighted by molar-refractivity contribution is -0.145. The van der Waals surface area contributed by atoms with Crippen LogP contribution in [0.3, 0.4) is 0 Å². The summed E-state index contributed by atoms with van der Waals surface area (Å²) in [6, 6.07) is -0.607. The van der Waals surface area contributed by atoms with E-state index in [4.69, 9.17) is 11.5 Å². The number of Topliss-reactive ketones (excluding diaryl/α,β-unsaturated/α-hetero) is 2. The number of nitrogens with zero attached hydrogens (tertiary/aromatic N) is 1. The number of ketones is 2. The Morgan fingerprint density at radius 3 is 2.54 bits per heavy atom. The highest BCUT2D eigenvalue weighted by Crippen LogP contribution is 2.52. The average Bonchev–Trinajstić information content (AvgIpc) is 2.86. The van der Waals surface area contributed by atoms with Crippen molar-refractivity contribution in [2.75, 3.05) is 25.5 Å². The number of fused-ring (bicyclic) bond motifs is 3. The first-order valence-corrected chi connectivity index (χ1v) is 12.5. The van der Waals surface area contributed by atoms with E-state index >= 15 is 4.39 Å². The van der Waals surface area contributed by atoms with Crippen molar-refractivity contribution in [1.29, 1.82) is 0 Å². The minimum absolute atomic E-state index is 0.0561. The minimum Gasteiger partial charge on any atom is -0.510 e. The van der Waals surface area contributed by atoms with E-state index in [0.29, 0.717) is 6.54 Å². The highest BCUT2D eigenvalue weighted by Gasteiger charge is 2.62. The third-order valence-corrected chi connectivity index (χ3v) is 7.78. The number of phenolic OH excluding ortho intramolecular Hbond substituents is 1. The molecule has 210 valence electrons. The zero-order chi connectivity index (χ0) is 29.0. The van der Waals surface area contributed by atoms with Crippen molar-refractivity contribution in [2.24, 2.45) is 23.3 Å². The number of aliphatic hydroxyl groups is 3. The number of phenols is 1. The maximum absolute atomic E-state index is 15.2. The molecule has 0 aliphatic heterocycles. The number of rotatable bonds is 7. The third-order valence-electron chi connectivity index (χ3n) is 7.78. The van der Waals surface area contributed by atoms with E-state index in [-0.39, 0.29) is 30.6 Å². The molecule has 0 unspecified atom stereocenters. The average molecular weight is 547 g/mol. The summed E-state index contributed by atoms with van der Waals surface area (Å²) in [7, 11) is 1.72. The van der Waals surface area contributed by atoms with E-state index in [1.54, 1.807) is 11.9 Å². The van der Waals surface area contributed by atoms with Gasteiger partial charge in [0.25, 0.3) is 5.91 Å². The van der Waals surface area contributed by atoms with Crippen molar-refractivity contribution in [2.45, 2.75) is 44.2 Å². The van der Waals surface area contributed by atoms with Crippen LogP contribution >= 0.6 is 0 Å². The van der Waals surface area contributed by atoms with Crippen molar-refractivity contribution in [3.8, 4) is 5.75 Å². The molecule has 1 aromatic rings. The van der Waals surface area contributed by atoms with Gasteiger partial charge >= 0.3 is 0 Å². The Bertz CT molecular complexity index is 1360. The number of aromatic hydroxyl groups is 1. The summed E-state index contributed by atoms with van der Waals surface area (Å²) in [6.45, 7) is 2.58. The number of hydrogen-bond donors (Lipinski definition) is 7. The van der Waals surface area contributed by atoms with E-state index in [1.807, 2.05) is 6.92 Å². The summed E-state index contributed by atoms with van der Waals surface area (Å²) in [5, 5.41) is 46.1. The van der Waals surface area contributed by atoms with E-state index in [9.17, 15) is 39.6 Å². The Kier molecular flexibility index (Phi) is 7.27. The van der Waals surface area contributed by atoms with Crippen LogP contribution in [0.4, 0.5) is 10.1 Å². The molecule has 0 saturated heterocycles. The Balaban J connectivity index is 1.75. The fourth-order valence-electron chi connectivity index (χ4n) is 5.77. The van der Waals surface area contributed by atoms with Gasteiger partial charge in [0.1, 0.15) is 22.9 Å². The second-order valence-corrected chi connectivity index (χ2v) is 10.3. The van der Waals surface area contributed by atoms with Crippen LogP contribution in [0.25, 0.3) is 0 Å². The number of nitrogens with one attached hydrogen (secondary N) is 1. The summed E-state index contributed by atoms with van der Waals surface area (Å²) in [6.07, 6.45) is 1.30. The van der Waals surface area contributed by atoms with Crippen LogP contribution in [-0.2, 0) is 20.8 Å². The number of unbranched alkanes of at least 4 members (excludes halogenated alkanes) is 1. The van der Waals surface area contributed by atoms with E-state index in [2.05, 4.69) is 5.32 Å². The molecule has 4 atom stereocenters. The number of carbonyl (C=O) groups is 4. The lowest BCUT2D eigenvalue weighted by atomic mass is 9.59. The van der Waals surface area contributed by atoms with Gasteiger partial charge in [-0.15, -0.1) is 0 Å². The molecular weight excluding hydrogens is 515 g/mol. The Labute approximate surface area is 222 Å². The van der Waals surface area contributed by atoms with E-state index < -0.39 is 86.7 Å². The van der Waals surface area contributed by atoms with Crippen LogP contribution in [0.2, 0.25) is 0 Å². The van der Waals surface area contributed by atoms with Gasteiger partial charge in [-0.1, -0.05) is 13.3 Å². The Morgan fingerprint density at radius 1 is 1.26 bits per heavy atom. The lowest BCUT2D eigenvalue weighted by Gasteiger charge is -2.47. The predicted molar refractivity (Wildman–Crippen MR) is 135 cm³/mol. The number of amides is 2. The summed E-state index contributed by atoms with van der Waals surface area (Å²) in [4.78, 5) is 52.7. The third kappa shape index (κ3) is 4.36. The van der Waals surface area contributed by atoms with Gasteiger partial charge in [0.2, 0.25) is 11.7 Å². The second kappa shape index (κ2) is 10.1. The summed E-state index contributed by atoms with van der Waals surface area (Å²) in [5.41, 5.74) is 5.77. The normalized spacial score (nSPS) is 26.4. The molecule has 9 N–H and O–H groups in total. The first kappa shape index (κ1) is 28.2. The molecule has 13 heteroatoms. The van der Waals surface area contributed by atoms with Gasteiger partial charge in [0.15, 0.2) is 17.1 Å². The van der Waals surface area contributed by atoms with Crippen LogP contribution in [-0.4, -0.2) is 80.5 Å². The number of hydrogen-bond acceptors (Lipinski definition) is 10. The maximum Gasteiger partial charge on any atom is 0.255 e. The molecule has 1 aromatic carbocycles. The molecule has 4 rings (SSSR count). The fraction of sp³-hybridized carbons (Fsp3) is 0.462. The quantitative estimate of drug-likeness (QED) is 0.184. The maximum atomic E-state index is 15.2. The first-order valence-electron chi connectivity index (χ1n) is 12.5. The molecule has 0 bridgehead atoms. The molecule has 2 amide bonds. The fourth-order valence-corrected chi connectivity index (χ4v) is 5.77. The molecule has 39 heavy (non-hydrogen) atoms. The number of nitrogens with two attached hydrogens (primary N) is 2. The van der Waals surface area contributed by atoms with Crippen molar-refractivity contribution in [3.63, 3.8) is 0 Å². The van der Waals surface area contributed by atoms with E-state index in [0.717, 1.165) is 18.9 Å². The van der Waals surface area contributed by atoms with Crippen LogP contribution < -0.4 is 16.8 Å². The Morgan fingerprint density at radius 2 is 1.92 bits per heavy atom. The Hall–Kier alpha value is -3.81. The molecule has 0 fully saturated rings. The second-order valence-electron chi connectivity index (χ2n) is 10.3. The molecule has 12 nitrogen and oxygen atoms in total. The van der Waals surface area contributed by atoms with Crippen LogP contribution in [0.5, 0.6) is 5.75 Å². The number of likely N-dealkylation sites (N-methyl/N-ethyl adjacent to an activating group) is 1. The van der Waals surface area contributed by atoms with Crippen molar-refractivity contribution < 1.29 is 44.0 Å². The van der Waals surface area contributed by atoms with Gasteiger partial charge in [0.05, 0.1) is 23.8 Å². The molecule has 3 aliphatic rings. The van der Waals surface area contributed by atoms with Crippen LogP contribution in [0, 0.1) is 17.7 Å². The number of primary amides is 1. The van der Waals surface area contributed by atoms with Gasteiger partial charge in [-0.05, 0) is 38.8 Å². The molecule has 0 heterocycles. The number of benzene rings is 1. The smallest absolute Gasteiger partial charge is 0.255 e. The highest BCUT2D eigenvalue weighted by atomic mass is 19.1. The molecule has 0 spiro atoms. The van der Waals surface area contributed by atoms with Crippen LogP contribution in [0.1, 0.15) is 42.1 Å². The van der Waals surface area contributed by atoms with Crippen molar-refractivity contribution in [1.82, 2.24) is 4.90 Å². The zero-order valence-corrected chi connectivity index (χ0v) is 21.5. The standard InChI is InChI=1S/C26H31FN4O8/c1-3-4-5-31(2)9-15(32)30-14-8-13(27)11-6-10-7-12-19(28)22(35)18(25(29)38)24(37)26(12,39)23(36)16(10)21(34)17(11)20(14)33/h8,10,12,19,33,35-36,39H,3-7,9,28H2,1-2H3,(H2,29,38)(H,30,32)/t10-,12-,19+,26-/m0/s1. The van der Waals surface area contributed by atoms with Gasteiger partial charge in [-0.3, -0.25) is 24.1 Å². The number of allylic oxidation sites excluding steroid dienone is 1. The summed E-state index contributed by atoms with van der Waals surface area (Å²) < 4.78 is 15.2. The summed E-state index contributed by atoms with van der Waals surface area (Å²) >= 11 is 0. The van der Waals surface area contributed by atoms with Crippen LogP contribution in [0.15, 0.2) is 28.7 Å². The molecule has 0 saturated carbocycles. The van der Waals surface area contributed by atoms with Gasteiger partial charge in [-0.25, -0.2) is 4.39 Å². The number of carbonyl (C=O) groups excluding carboxylic acids is 4. The molecule has 0 aromatic heterocycles. The SMILES string of the molecule is CCCCN(C)CC(=O)Nc1cc(F)c2c(c1O)C(=O)C1=C(O)[C@]3(O)C(=O)C(C(N)=O)=C(O)[C@H](N)[C@@H]3C[C@@H]1C2. The topological polar surface area (TPSA) is 217 Å².